The smallest absolute Gasteiger partial charge is 0.228 e. The molecule has 162 valence electrons. The molecule has 2 aliphatic carbocycles. The molecule has 3 aliphatic rings. The van der Waals surface area contributed by atoms with Gasteiger partial charge in [0.2, 0.25) is 5.91 Å². The van der Waals surface area contributed by atoms with E-state index in [1.54, 1.807) is 7.11 Å². The molecule has 1 saturated carbocycles. The van der Waals surface area contributed by atoms with Gasteiger partial charge in [-0.2, -0.15) is 0 Å². The van der Waals surface area contributed by atoms with E-state index in [0.29, 0.717) is 6.61 Å². The molecular weight excluding hydrogens is 390 g/mol. The minimum atomic E-state index is -0.911. The fourth-order valence-corrected chi connectivity index (χ4v) is 6.19. The third-order valence-electron chi connectivity index (χ3n) is 7.60. The average Bonchev–Trinajstić information content (AvgIpc) is 3.23. The summed E-state index contributed by atoms with van der Waals surface area (Å²) in [5.74, 6) is 0.661. The Bertz CT molecular complexity index is 1040. The highest BCUT2D eigenvalue weighted by Crippen LogP contribution is 2.60. The molecule has 5 nitrogen and oxygen atoms in total. The molecule has 0 bridgehead atoms. The molecule has 2 spiro atoms. The first-order valence-corrected chi connectivity index (χ1v) is 11.2. The molecule has 1 amide bonds. The molecule has 31 heavy (non-hydrogen) atoms. The van der Waals surface area contributed by atoms with E-state index >= 15 is 0 Å². The van der Waals surface area contributed by atoms with E-state index in [0.717, 1.165) is 54.5 Å². The van der Waals surface area contributed by atoms with E-state index in [1.165, 1.54) is 5.56 Å². The molecule has 5 heteroatoms. The highest BCUT2D eigenvalue weighted by Gasteiger charge is 2.65. The second-order valence-corrected chi connectivity index (χ2v) is 9.11. The number of carbonyl (C=O) groups excluding carboxylic acids is 2. The van der Waals surface area contributed by atoms with Crippen molar-refractivity contribution in [2.75, 3.05) is 13.7 Å². The van der Waals surface area contributed by atoms with Crippen molar-refractivity contribution in [3.05, 3.63) is 53.6 Å². The lowest BCUT2D eigenvalue weighted by molar-refractivity contribution is -0.130. The second-order valence-electron chi connectivity index (χ2n) is 9.11. The number of Topliss-reactive ketones (excluding diaryl/α,β-unsaturated/α-hetero) is 1. The Morgan fingerprint density at radius 2 is 1.84 bits per heavy atom. The number of rotatable bonds is 4. The molecule has 2 fully saturated rings. The maximum Gasteiger partial charge on any atom is 0.228 e. The van der Waals surface area contributed by atoms with E-state index < -0.39 is 5.54 Å². The van der Waals surface area contributed by atoms with Crippen molar-refractivity contribution >= 4 is 11.7 Å². The van der Waals surface area contributed by atoms with Crippen LogP contribution in [0, 0.1) is 5.41 Å². The van der Waals surface area contributed by atoms with E-state index in [1.807, 2.05) is 31.2 Å². The Hall–Kier alpha value is -2.66. The summed E-state index contributed by atoms with van der Waals surface area (Å²) in [6.45, 7) is 2.74. The molecule has 2 aromatic carbocycles. The zero-order valence-electron chi connectivity index (χ0n) is 18.2. The van der Waals surface area contributed by atoms with Crippen molar-refractivity contribution in [2.24, 2.45) is 5.41 Å². The van der Waals surface area contributed by atoms with Crippen LogP contribution in [-0.4, -0.2) is 31.5 Å². The van der Waals surface area contributed by atoms with Gasteiger partial charge in [-0.25, -0.2) is 0 Å². The van der Waals surface area contributed by atoms with Crippen LogP contribution in [0.1, 0.15) is 50.2 Å². The fraction of sp³-hybridized carbons (Fsp3) is 0.462. The predicted octanol–water partition coefficient (Wildman–Crippen LogP) is 4.17. The summed E-state index contributed by atoms with van der Waals surface area (Å²) in [6, 6.07) is 14.3. The number of methoxy groups -OCH3 is 1. The number of benzene rings is 2. The Morgan fingerprint density at radius 3 is 2.52 bits per heavy atom. The van der Waals surface area contributed by atoms with E-state index in [9.17, 15) is 9.59 Å². The van der Waals surface area contributed by atoms with Gasteiger partial charge in [-0.05, 0) is 79.5 Å². The molecular formula is C26H29NO4. The number of ketones is 1. The van der Waals surface area contributed by atoms with Gasteiger partial charge in [0.1, 0.15) is 11.3 Å². The van der Waals surface area contributed by atoms with Crippen LogP contribution in [0.4, 0.5) is 0 Å². The van der Waals surface area contributed by atoms with Gasteiger partial charge in [-0.3, -0.25) is 9.59 Å². The lowest BCUT2D eigenvalue weighted by Gasteiger charge is -2.47. The van der Waals surface area contributed by atoms with E-state index in [-0.39, 0.29) is 29.6 Å². The summed E-state index contributed by atoms with van der Waals surface area (Å²) in [4.78, 5) is 25.9. The quantitative estimate of drug-likeness (QED) is 0.756. The predicted molar refractivity (Wildman–Crippen MR) is 118 cm³/mol. The topological polar surface area (TPSA) is 64.6 Å². The first-order valence-electron chi connectivity index (χ1n) is 11.2. The molecule has 1 N–H and O–H groups in total. The Morgan fingerprint density at radius 1 is 1.06 bits per heavy atom. The first-order chi connectivity index (χ1) is 15.0. The monoisotopic (exact) mass is 419 g/mol. The van der Waals surface area contributed by atoms with Crippen molar-refractivity contribution in [1.82, 2.24) is 5.32 Å². The Labute approximate surface area is 183 Å². The van der Waals surface area contributed by atoms with E-state index in [2.05, 4.69) is 23.5 Å². The molecule has 0 radical (unpaired) electrons. The highest BCUT2D eigenvalue weighted by atomic mass is 16.5. The second kappa shape index (κ2) is 7.49. The van der Waals surface area contributed by atoms with Crippen LogP contribution in [-0.2, 0) is 26.3 Å². The highest BCUT2D eigenvalue weighted by molar-refractivity contribution is 6.12. The number of fused-ring (bicyclic) bond motifs is 3. The van der Waals surface area contributed by atoms with Crippen molar-refractivity contribution in [2.45, 2.75) is 57.1 Å². The third-order valence-corrected chi connectivity index (χ3v) is 7.60. The van der Waals surface area contributed by atoms with Crippen LogP contribution in [0.3, 0.4) is 0 Å². The molecule has 2 aromatic rings. The number of ether oxygens (including phenoxy) is 2. The van der Waals surface area contributed by atoms with Gasteiger partial charge in [0.05, 0.1) is 19.6 Å². The minimum absolute atomic E-state index is 0.0221. The summed E-state index contributed by atoms with van der Waals surface area (Å²) in [5, 5.41) is 3.19. The van der Waals surface area contributed by atoms with Crippen molar-refractivity contribution in [3.63, 3.8) is 0 Å². The normalized spacial score (nSPS) is 29.4. The number of carbonyl (C=O) groups is 2. The third kappa shape index (κ3) is 3.01. The average molecular weight is 420 g/mol. The Kier molecular flexibility index (Phi) is 4.89. The molecule has 1 unspecified atom stereocenters. The minimum Gasteiger partial charge on any atom is -0.497 e. The van der Waals surface area contributed by atoms with Crippen LogP contribution < -0.4 is 10.1 Å². The molecule has 1 aliphatic heterocycles. The van der Waals surface area contributed by atoms with Gasteiger partial charge < -0.3 is 14.8 Å². The maximum atomic E-state index is 13.5. The van der Waals surface area contributed by atoms with E-state index in [4.69, 9.17) is 9.47 Å². The van der Waals surface area contributed by atoms with Gasteiger partial charge in [-0.15, -0.1) is 0 Å². The van der Waals surface area contributed by atoms with Gasteiger partial charge in [-0.1, -0.05) is 24.3 Å². The molecule has 1 saturated heterocycles. The SMILES string of the molecule is CCOC1CCC2(CC1)Cc1ccc(-c3cccc(OC)c3)cc1C21NC(=O)CC1=O. The van der Waals surface area contributed by atoms with Crippen LogP contribution in [0.2, 0.25) is 0 Å². The summed E-state index contributed by atoms with van der Waals surface area (Å²) >= 11 is 0. The van der Waals surface area contributed by atoms with Gasteiger partial charge in [0.25, 0.3) is 0 Å². The lowest BCUT2D eigenvalue weighted by Crippen LogP contribution is -2.56. The number of hydrogen-bond donors (Lipinski definition) is 1. The maximum absolute atomic E-state index is 13.5. The standard InChI is InChI=1S/C26H29NO4/c1-3-31-20-9-11-25(12-10-20)16-19-8-7-18(17-5-4-6-21(13-17)30-2)14-22(19)26(25)23(28)15-24(29)27-26/h4-8,13-14,20H,3,9-12,15-16H2,1-2H3,(H,27,29). The summed E-state index contributed by atoms with van der Waals surface area (Å²) in [5.41, 5.74) is 3.06. The zero-order chi connectivity index (χ0) is 21.6. The van der Waals surface area contributed by atoms with Crippen LogP contribution in [0.15, 0.2) is 42.5 Å². The first kappa shape index (κ1) is 20.3. The van der Waals surface area contributed by atoms with Crippen LogP contribution in [0.25, 0.3) is 11.1 Å². The van der Waals surface area contributed by atoms with Gasteiger partial charge in [0, 0.05) is 12.0 Å². The van der Waals surface area contributed by atoms with Gasteiger partial charge in [0.15, 0.2) is 5.78 Å². The van der Waals surface area contributed by atoms with Gasteiger partial charge >= 0.3 is 0 Å². The summed E-state index contributed by atoms with van der Waals surface area (Å²) in [7, 11) is 1.66. The van der Waals surface area contributed by atoms with Crippen molar-refractivity contribution in [1.29, 1.82) is 0 Å². The lowest BCUT2D eigenvalue weighted by atomic mass is 9.60. The molecule has 5 rings (SSSR count). The molecule has 1 heterocycles. The summed E-state index contributed by atoms with van der Waals surface area (Å²) < 4.78 is 11.3. The zero-order valence-corrected chi connectivity index (χ0v) is 18.2. The van der Waals surface area contributed by atoms with Crippen LogP contribution in [0.5, 0.6) is 5.75 Å². The number of hydrogen-bond acceptors (Lipinski definition) is 4. The molecule has 0 aromatic heterocycles. The number of amides is 1. The fourth-order valence-electron chi connectivity index (χ4n) is 6.19. The number of nitrogens with one attached hydrogen (secondary N) is 1. The van der Waals surface area contributed by atoms with Crippen LogP contribution >= 0.6 is 0 Å². The van der Waals surface area contributed by atoms with Crippen molar-refractivity contribution in [3.8, 4) is 16.9 Å². The largest absolute Gasteiger partial charge is 0.497 e. The Balaban J connectivity index is 1.59. The molecule has 1 atom stereocenters. The van der Waals surface area contributed by atoms with Crippen molar-refractivity contribution < 1.29 is 19.1 Å². The summed E-state index contributed by atoms with van der Waals surface area (Å²) in [6.07, 6.45) is 4.66.